The Balaban J connectivity index is 1.77. The van der Waals surface area contributed by atoms with Crippen LogP contribution in [-0.4, -0.2) is 18.0 Å². The van der Waals surface area contributed by atoms with Crippen LogP contribution in [0.3, 0.4) is 0 Å². The van der Waals surface area contributed by atoms with E-state index in [1.807, 2.05) is 24.3 Å². The first kappa shape index (κ1) is 18.3. The van der Waals surface area contributed by atoms with Crippen LogP contribution in [0, 0.1) is 5.82 Å². The van der Waals surface area contributed by atoms with Crippen molar-refractivity contribution in [1.82, 2.24) is 14.3 Å². The van der Waals surface area contributed by atoms with Gasteiger partial charge in [-0.1, -0.05) is 42.5 Å². The third-order valence-corrected chi connectivity index (χ3v) is 6.02. The van der Waals surface area contributed by atoms with Crippen LogP contribution in [0.1, 0.15) is 17.4 Å². The minimum atomic E-state index is -3.88. The standard InChI is InChI=1S/C21H18FN3O2S/c1-25-12-11-23-21(25)20(17-7-4-8-18(22)13-17)24-28(26,27)19-10-9-15-5-2-3-6-16(15)14-19/h2-14,20,24H,1H3/t20-/m0/s1. The van der Waals surface area contributed by atoms with Crippen LogP contribution in [0.25, 0.3) is 10.8 Å². The summed E-state index contributed by atoms with van der Waals surface area (Å²) >= 11 is 0. The van der Waals surface area contributed by atoms with Gasteiger partial charge in [-0.25, -0.2) is 17.8 Å². The van der Waals surface area contributed by atoms with Crippen LogP contribution in [0.5, 0.6) is 0 Å². The summed E-state index contributed by atoms with van der Waals surface area (Å²) in [6.45, 7) is 0. The molecule has 0 aliphatic carbocycles. The Morgan fingerprint density at radius 1 is 1.00 bits per heavy atom. The number of sulfonamides is 1. The van der Waals surface area contributed by atoms with Gasteiger partial charge in [0.25, 0.3) is 0 Å². The second kappa shape index (κ2) is 7.18. The van der Waals surface area contributed by atoms with Gasteiger partial charge in [0.05, 0.1) is 4.90 Å². The average molecular weight is 395 g/mol. The Morgan fingerprint density at radius 2 is 1.79 bits per heavy atom. The molecule has 0 aliphatic heterocycles. The number of halogens is 1. The van der Waals surface area contributed by atoms with Crippen molar-refractivity contribution in [1.29, 1.82) is 0 Å². The van der Waals surface area contributed by atoms with Crippen molar-refractivity contribution in [3.05, 3.63) is 96.3 Å². The number of hydrogen-bond acceptors (Lipinski definition) is 3. The molecule has 142 valence electrons. The molecule has 0 radical (unpaired) electrons. The van der Waals surface area contributed by atoms with Crippen LogP contribution in [-0.2, 0) is 17.1 Å². The first-order chi connectivity index (χ1) is 13.4. The fraction of sp³-hybridized carbons (Fsp3) is 0.0952. The van der Waals surface area contributed by atoms with E-state index >= 15 is 0 Å². The number of hydrogen-bond donors (Lipinski definition) is 1. The number of aromatic nitrogens is 2. The molecule has 0 fully saturated rings. The Labute approximate surface area is 162 Å². The minimum Gasteiger partial charge on any atom is -0.336 e. The fourth-order valence-electron chi connectivity index (χ4n) is 3.17. The third kappa shape index (κ3) is 3.54. The van der Waals surface area contributed by atoms with Gasteiger partial charge in [-0.15, -0.1) is 0 Å². The van der Waals surface area contributed by atoms with E-state index in [9.17, 15) is 12.8 Å². The zero-order valence-corrected chi connectivity index (χ0v) is 15.9. The molecule has 4 aromatic rings. The first-order valence-corrected chi connectivity index (χ1v) is 10.2. The Morgan fingerprint density at radius 3 is 2.50 bits per heavy atom. The minimum absolute atomic E-state index is 0.141. The largest absolute Gasteiger partial charge is 0.336 e. The summed E-state index contributed by atoms with van der Waals surface area (Å²) < 4.78 is 44.4. The van der Waals surface area contributed by atoms with Gasteiger partial charge in [0.1, 0.15) is 17.7 Å². The van der Waals surface area contributed by atoms with Crippen molar-refractivity contribution in [2.24, 2.45) is 7.05 Å². The summed E-state index contributed by atoms with van der Waals surface area (Å²) in [6, 6.07) is 17.5. The number of benzene rings is 3. The van der Waals surface area contributed by atoms with Gasteiger partial charge in [-0.05, 0) is 40.6 Å². The lowest BCUT2D eigenvalue weighted by Gasteiger charge is -2.19. The van der Waals surface area contributed by atoms with E-state index < -0.39 is 21.9 Å². The third-order valence-electron chi connectivity index (χ3n) is 4.60. The quantitative estimate of drug-likeness (QED) is 0.559. The van der Waals surface area contributed by atoms with Gasteiger partial charge < -0.3 is 4.57 Å². The molecule has 5 nitrogen and oxygen atoms in total. The highest BCUT2D eigenvalue weighted by atomic mass is 32.2. The number of rotatable bonds is 5. The van der Waals surface area contributed by atoms with E-state index in [2.05, 4.69) is 9.71 Å². The molecular weight excluding hydrogens is 377 g/mol. The summed E-state index contributed by atoms with van der Waals surface area (Å²) in [5.74, 6) is 0.0246. The zero-order valence-electron chi connectivity index (χ0n) is 15.1. The second-order valence-corrected chi connectivity index (χ2v) is 8.23. The monoisotopic (exact) mass is 395 g/mol. The van der Waals surface area contributed by atoms with E-state index in [0.717, 1.165) is 10.8 Å². The molecule has 0 aliphatic rings. The van der Waals surface area contributed by atoms with E-state index in [0.29, 0.717) is 11.4 Å². The topological polar surface area (TPSA) is 64.0 Å². The number of nitrogens with one attached hydrogen (secondary N) is 1. The number of aryl methyl sites for hydroxylation is 1. The van der Waals surface area contributed by atoms with Gasteiger partial charge in [-0.2, -0.15) is 4.72 Å². The molecule has 0 saturated heterocycles. The van der Waals surface area contributed by atoms with Crippen molar-refractivity contribution in [3.63, 3.8) is 0 Å². The molecule has 7 heteroatoms. The SMILES string of the molecule is Cn1ccnc1[C@@H](NS(=O)(=O)c1ccc2ccccc2c1)c1cccc(F)c1. The summed E-state index contributed by atoms with van der Waals surface area (Å²) in [5.41, 5.74) is 0.471. The van der Waals surface area contributed by atoms with Crippen LogP contribution >= 0.6 is 0 Å². The normalized spacial score (nSPS) is 12.9. The van der Waals surface area contributed by atoms with Crippen molar-refractivity contribution in [2.45, 2.75) is 10.9 Å². The highest BCUT2D eigenvalue weighted by molar-refractivity contribution is 7.89. The molecule has 0 bridgehead atoms. The Hall–Kier alpha value is -3.03. The molecule has 1 N–H and O–H groups in total. The molecule has 0 spiro atoms. The number of fused-ring (bicyclic) bond motifs is 1. The molecular formula is C21H18FN3O2S. The molecule has 4 rings (SSSR count). The molecule has 1 heterocycles. The molecule has 0 saturated carbocycles. The van der Waals surface area contributed by atoms with Gasteiger partial charge in [0.15, 0.2) is 0 Å². The first-order valence-electron chi connectivity index (χ1n) is 8.68. The smallest absolute Gasteiger partial charge is 0.241 e. The molecule has 1 aromatic heterocycles. The summed E-state index contributed by atoms with van der Waals surface area (Å²) in [6.07, 6.45) is 3.29. The van der Waals surface area contributed by atoms with Crippen LogP contribution in [0.2, 0.25) is 0 Å². The van der Waals surface area contributed by atoms with E-state index in [1.54, 1.807) is 54.3 Å². The molecule has 0 amide bonds. The predicted molar refractivity (Wildman–Crippen MR) is 106 cm³/mol. The average Bonchev–Trinajstić information content (AvgIpc) is 3.11. The second-order valence-electron chi connectivity index (χ2n) is 6.51. The van der Waals surface area contributed by atoms with Crippen LogP contribution in [0.4, 0.5) is 4.39 Å². The van der Waals surface area contributed by atoms with E-state index in [-0.39, 0.29) is 4.90 Å². The molecule has 3 aromatic carbocycles. The van der Waals surface area contributed by atoms with E-state index in [1.165, 1.54) is 12.1 Å². The summed E-state index contributed by atoms with van der Waals surface area (Å²) in [4.78, 5) is 4.40. The van der Waals surface area contributed by atoms with Gasteiger partial charge in [-0.3, -0.25) is 0 Å². The maximum absolute atomic E-state index is 13.8. The van der Waals surface area contributed by atoms with Crippen molar-refractivity contribution in [3.8, 4) is 0 Å². The van der Waals surface area contributed by atoms with Crippen LogP contribution in [0.15, 0.2) is 84.0 Å². The lowest BCUT2D eigenvalue weighted by molar-refractivity contribution is 0.560. The number of nitrogens with zero attached hydrogens (tertiary/aromatic N) is 2. The summed E-state index contributed by atoms with van der Waals surface area (Å²) in [7, 11) is -2.12. The maximum atomic E-state index is 13.8. The molecule has 0 unspecified atom stereocenters. The van der Waals surface area contributed by atoms with Crippen molar-refractivity contribution < 1.29 is 12.8 Å². The molecule has 28 heavy (non-hydrogen) atoms. The molecule has 1 atom stereocenters. The zero-order chi connectivity index (χ0) is 19.7. The maximum Gasteiger partial charge on any atom is 0.241 e. The van der Waals surface area contributed by atoms with Gasteiger partial charge in [0, 0.05) is 19.4 Å². The highest BCUT2D eigenvalue weighted by Crippen LogP contribution is 2.25. The van der Waals surface area contributed by atoms with Crippen LogP contribution < -0.4 is 4.72 Å². The van der Waals surface area contributed by atoms with Gasteiger partial charge in [0.2, 0.25) is 10.0 Å². The summed E-state index contributed by atoms with van der Waals surface area (Å²) in [5, 5.41) is 1.77. The lowest BCUT2D eigenvalue weighted by Crippen LogP contribution is -2.31. The lowest BCUT2D eigenvalue weighted by atomic mass is 10.1. The van der Waals surface area contributed by atoms with Crippen molar-refractivity contribution in [2.75, 3.05) is 0 Å². The number of imidazole rings is 1. The van der Waals surface area contributed by atoms with Crippen molar-refractivity contribution >= 4 is 20.8 Å². The Bertz CT molecular complexity index is 1250. The highest BCUT2D eigenvalue weighted by Gasteiger charge is 2.26. The fourth-order valence-corrected chi connectivity index (χ4v) is 4.39. The van der Waals surface area contributed by atoms with E-state index in [4.69, 9.17) is 0 Å². The Kier molecular flexibility index (Phi) is 4.70. The predicted octanol–water partition coefficient (Wildman–Crippen LogP) is 3.78. The van der Waals surface area contributed by atoms with Gasteiger partial charge >= 0.3 is 0 Å².